The minimum absolute atomic E-state index is 0.130. The van der Waals surface area contributed by atoms with Crippen molar-refractivity contribution in [3.63, 3.8) is 0 Å². The highest BCUT2D eigenvalue weighted by molar-refractivity contribution is 5.98. The lowest BCUT2D eigenvalue weighted by molar-refractivity contribution is -0.119. The number of amides is 1. The van der Waals surface area contributed by atoms with E-state index in [0.717, 1.165) is 5.12 Å². The number of carbonyl (C=O) groups excluding carboxylic acids is 1. The number of aromatic nitrogens is 1. The molecule has 0 saturated heterocycles. The molecular formula is C20H26F2N6O3. The molecule has 0 bridgehead atoms. The van der Waals surface area contributed by atoms with Gasteiger partial charge in [-0.15, -0.1) is 5.10 Å². The summed E-state index contributed by atoms with van der Waals surface area (Å²) >= 11 is 0. The molecule has 0 aliphatic heterocycles. The monoisotopic (exact) mass is 436 g/mol. The summed E-state index contributed by atoms with van der Waals surface area (Å²) in [4.78, 5) is 13.1. The number of ether oxygens (including phenoxy) is 1. The van der Waals surface area contributed by atoms with Gasteiger partial charge in [-0.1, -0.05) is 29.4 Å². The molecule has 2 aromatic rings. The van der Waals surface area contributed by atoms with Crippen molar-refractivity contribution < 1.29 is 22.8 Å². The summed E-state index contributed by atoms with van der Waals surface area (Å²) in [5.41, 5.74) is 7.58. The number of hydrogen-bond acceptors (Lipinski definition) is 7. The van der Waals surface area contributed by atoms with Crippen molar-refractivity contribution in [2.45, 2.75) is 37.7 Å². The van der Waals surface area contributed by atoms with E-state index in [1.807, 2.05) is 0 Å². The molecule has 1 fully saturated rings. The molecule has 2 unspecified atom stereocenters. The minimum Gasteiger partial charge on any atom is -0.382 e. The highest BCUT2D eigenvalue weighted by Crippen LogP contribution is 2.45. The second kappa shape index (κ2) is 9.40. The molecule has 1 heterocycles. The van der Waals surface area contributed by atoms with Crippen molar-refractivity contribution in [3.05, 3.63) is 47.2 Å². The Morgan fingerprint density at radius 1 is 1.45 bits per heavy atom. The molecule has 168 valence electrons. The summed E-state index contributed by atoms with van der Waals surface area (Å²) in [6, 6.07) is 8.26. The molecule has 1 aromatic heterocycles. The lowest BCUT2D eigenvalue weighted by Gasteiger charge is -2.23. The van der Waals surface area contributed by atoms with Crippen LogP contribution in [0.25, 0.3) is 0 Å². The second-order valence-electron chi connectivity index (χ2n) is 7.62. The van der Waals surface area contributed by atoms with E-state index in [1.54, 1.807) is 24.3 Å². The van der Waals surface area contributed by atoms with Gasteiger partial charge in [0.1, 0.15) is 5.69 Å². The number of nitrogens with one attached hydrogen (secondary N) is 1. The molecular weight excluding hydrogens is 410 g/mol. The molecule has 0 spiro atoms. The number of hydrogen-bond donors (Lipinski definition) is 3. The summed E-state index contributed by atoms with van der Waals surface area (Å²) in [6.07, 6.45) is -0.373. The number of anilines is 1. The zero-order chi connectivity index (χ0) is 22.6. The smallest absolute Gasteiger partial charge is 0.248 e. The van der Waals surface area contributed by atoms with Crippen molar-refractivity contribution in [1.29, 1.82) is 0 Å². The maximum Gasteiger partial charge on any atom is 0.248 e. The summed E-state index contributed by atoms with van der Waals surface area (Å²) in [5, 5.41) is 11.4. The third-order valence-electron chi connectivity index (χ3n) is 5.12. The molecule has 5 N–H and O–H groups in total. The van der Waals surface area contributed by atoms with Crippen LogP contribution in [-0.4, -0.2) is 42.1 Å². The number of rotatable bonds is 8. The normalized spacial score (nSPS) is 19.3. The minimum atomic E-state index is -2.79. The van der Waals surface area contributed by atoms with Crippen LogP contribution in [0, 0.1) is 5.92 Å². The van der Waals surface area contributed by atoms with Crippen LogP contribution in [0.1, 0.15) is 42.0 Å². The Balaban J connectivity index is 1.85. The van der Waals surface area contributed by atoms with Gasteiger partial charge < -0.3 is 15.0 Å². The van der Waals surface area contributed by atoms with Gasteiger partial charge in [0.25, 0.3) is 0 Å². The summed E-state index contributed by atoms with van der Waals surface area (Å²) in [6.45, 7) is 0.222. The third kappa shape index (κ3) is 5.76. The van der Waals surface area contributed by atoms with Gasteiger partial charge in [-0.2, -0.15) is 0 Å². The fourth-order valence-electron chi connectivity index (χ4n) is 3.78. The predicted octanol–water partition coefficient (Wildman–Crippen LogP) is 2.40. The van der Waals surface area contributed by atoms with E-state index >= 15 is 0 Å². The zero-order valence-corrected chi connectivity index (χ0v) is 17.3. The number of benzene rings is 1. The number of nitrogens with zero attached hydrogens (tertiary/aromatic N) is 3. The van der Waals surface area contributed by atoms with E-state index < -0.39 is 23.7 Å². The average Bonchev–Trinajstić information content (AvgIpc) is 3.28. The van der Waals surface area contributed by atoms with Crippen molar-refractivity contribution in [1.82, 2.24) is 10.3 Å². The Bertz CT molecular complexity index is 929. The van der Waals surface area contributed by atoms with Crippen LogP contribution in [0.3, 0.4) is 0 Å². The molecule has 1 aliphatic rings. The Labute approximate surface area is 178 Å². The highest BCUT2D eigenvalue weighted by atomic mass is 19.3. The first kappa shape index (κ1) is 22.6. The van der Waals surface area contributed by atoms with Crippen LogP contribution in [-0.2, 0) is 16.1 Å². The van der Waals surface area contributed by atoms with Crippen LogP contribution < -0.4 is 16.9 Å². The molecule has 1 saturated carbocycles. The van der Waals surface area contributed by atoms with Gasteiger partial charge in [0.15, 0.2) is 5.84 Å². The number of hydrazone groups is 1. The fourth-order valence-corrected chi connectivity index (χ4v) is 3.78. The van der Waals surface area contributed by atoms with E-state index in [1.165, 1.54) is 20.2 Å². The number of hydrazine groups is 1. The van der Waals surface area contributed by atoms with Crippen LogP contribution in [0.2, 0.25) is 0 Å². The van der Waals surface area contributed by atoms with Gasteiger partial charge in [-0.3, -0.25) is 10.1 Å². The summed E-state index contributed by atoms with van der Waals surface area (Å²) in [7, 11) is 3.04. The van der Waals surface area contributed by atoms with Crippen LogP contribution >= 0.6 is 0 Å². The maximum absolute atomic E-state index is 13.9. The first-order chi connectivity index (χ1) is 14.7. The van der Waals surface area contributed by atoms with Crippen molar-refractivity contribution in [3.8, 4) is 0 Å². The van der Waals surface area contributed by atoms with Crippen molar-refractivity contribution >= 4 is 17.6 Å². The number of carbonyl (C=O) groups is 1. The molecule has 11 heteroatoms. The van der Waals surface area contributed by atoms with Crippen LogP contribution in [0.4, 0.5) is 14.7 Å². The summed E-state index contributed by atoms with van der Waals surface area (Å²) < 4.78 is 37.9. The first-order valence-electron chi connectivity index (χ1n) is 9.74. The predicted molar refractivity (Wildman–Crippen MR) is 110 cm³/mol. The topological polar surface area (TPSA) is 132 Å². The zero-order valence-electron chi connectivity index (χ0n) is 17.3. The number of alkyl halides is 2. The van der Waals surface area contributed by atoms with Gasteiger partial charge in [0.2, 0.25) is 17.7 Å². The van der Waals surface area contributed by atoms with Crippen LogP contribution in [0.15, 0.2) is 40.0 Å². The van der Waals surface area contributed by atoms with Gasteiger partial charge in [-0.05, 0) is 17.9 Å². The molecule has 1 aromatic carbocycles. The molecule has 3 rings (SSSR count). The standard InChI is InChI=1S/C20H26F2N6O3/c1-28(24)26-18(23)13-5-3-12(4-6-13)17(14-7-8-20(21,22)10-14)19(29)25-16-9-15(11-30-2)27-31-16/h3-6,9,14,17H,7-8,10-11,24H2,1-2H3,(H2,23,26)(H,25,29). The van der Waals surface area contributed by atoms with Gasteiger partial charge in [-0.25, -0.2) is 19.7 Å². The molecule has 0 radical (unpaired) electrons. The Kier molecular flexibility index (Phi) is 6.86. The van der Waals surface area contributed by atoms with Gasteiger partial charge in [0, 0.05) is 38.6 Å². The second-order valence-corrected chi connectivity index (χ2v) is 7.62. The van der Waals surface area contributed by atoms with Gasteiger partial charge >= 0.3 is 0 Å². The number of halogens is 2. The van der Waals surface area contributed by atoms with Crippen molar-refractivity contribution in [2.24, 2.45) is 22.6 Å². The Hall–Kier alpha value is -3.05. The molecule has 2 atom stereocenters. The summed E-state index contributed by atoms with van der Waals surface area (Å²) in [5.74, 6) is 1.24. The molecule has 1 aliphatic carbocycles. The average molecular weight is 436 g/mol. The first-order valence-corrected chi connectivity index (χ1v) is 9.74. The van der Waals surface area contributed by atoms with E-state index in [-0.39, 0.29) is 37.6 Å². The van der Waals surface area contributed by atoms with E-state index in [4.69, 9.17) is 20.8 Å². The highest BCUT2D eigenvalue weighted by Gasteiger charge is 2.45. The van der Waals surface area contributed by atoms with Crippen LogP contribution in [0.5, 0.6) is 0 Å². The molecule has 1 amide bonds. The number of nitrogens with two attached hydrogens (primary N) is 2. The quantitative estimate of drug-likeness (QED) is 0.251. The van der Waals surface area contributed by atoms with E-state index in [9.17, 15) is 13.6 Å². The molecule has 9 nitrogen and oxygen atoms in total. The largest absolute Gasteiger partial charge is 0.382 e. The lowest BCUT2D eigenvalue weighted by atomic mass is 9.83. The fraction of sp³-hybridized carbons (Fsp3) is 0.450. The molecule has 31 heavy (non-hydrogen) atoms. The Morgan fingerprint density at radius 3 is 2.74 bits per heavy atom. The van der Waals surface area contributed by atoms with E-state index in [0.29, 0.717) is 16.8 Å². The third-order valence-corrected chi connectivity index (χ3v) is 5.12. The maximum atomic E-state index is 13.9. The van der Waals surface area contributed by atoms with Gasteiger partial charge in [0.05, 0.1) is 12.5 Å². The number of methoxy groups -OCH3 is 1. The van der Waals surface area contributed by atoms with E-state index in [2.05, 4.69) is 15.6 Å². The lowest BCUT2D eigenvalue weighted by Crippen LogP contribution is -2.28. The SMILES string of the molecule is COCc1cc(NC(=O)C(c2ccc(/C(N)=N/N(C)N)cc2)C2CCC(F)(F)C2)on1. The Morgan fingerprint density at radius 2 is 2.16 bits per heavy atom. The van der Waals surface area contributed by atoms with Crippen molar-refractivity contribution in [2.75, 3.05) is 19.5 Å². The number of amidine groups is 1.